The molecule has 2 atom stereocenters. The second-order valence-corrected chi connectivity index (χ2v) is 5.02. The van der Waals surface area contributed by atoms with Crippen molar-refractivity contribution in [2.24, 2.45) is 11.7 Å². The van der Waals surface area contributed by atoms with Gasteiger partial charge in [-0.2, -0.15) is 0 Å². The topological polar surface area (TPSA) is 84.2 Å². The van der Waals surface area contributed by atoms with Crippen LogP contribution in [-0.2, 0) is 9.59 Å². The van der Waals surface area contributed by atoms with Crippen molar-refractivity contribution < 1.29 is 9.59 Å². The Bertz CT molecular complexity index is 289. The van der Waals surface area contributed by atoms with Crippen LogP contribution in [0.1, 0.15) is 39.0 Å². The highest BCUT2D eigenvalue weighted by Crippen LogP contribution is 2.31. The molecule has 1 fully saturated rings. The Balaban J connectivity index is 2.38. The maximum Gasteiger partial charge on any atom is 0.224 e. The van der Waals surface area contributed by atoms with Crippen molar-refractivity contribution in [3.63, 3.8) is 0 Å². The van der Waals surface area contributed by atoms with Crippen molar-refractivity contribution in [1.29, 1.82) is 0 Å². The number of hydrogen-bond donors (Lipinski definition) is 3. The normalized spacial score (nSPS) is 28.5. The van der Waals surface area contributed by atoms with E-state index in [4.69, 9.17) is 5.73 Å². The molecule has 0 aliphatic heterocycles. The monoisotopic (exact) mass is 241 g/mol. The van der Waals surface area contributed by atoms with Crippen molar-refractivity contribution in [2.75, 3.05) is 13.6 Å². The summed E-state index contributed by atoms with van der Waals surface area (Å²) in [5.41, 5.74) is 5.73. The fourth-order valence-corrected chi connectivity index (χ4v) is 2.34. The van der Waals surface area contributed by atoms with Gasteiger partial charge >= 0.3 is 0 Å². The standard InChI is InChI=1S/C12H23N3O2/c1-12(13)7-4-3-5-9(12)11(17)15-8-6-10(16)14-2/h9H,3-8,13H2,1-2H3,(H,14,16)(H,15,17). The lowest BCUT2D eigenvalue weighted by atomic mass is 9.74. The Morgan fingerprint density at radius 1 is 1.41 bits per heavy atom. The summed E-state index contributed by atoms with van der Waals surface area (Å²) in [7, 11) is 1.59. The van der Waals surface area contributed by atoms with Gasteiger partial charge in [0.15, 0.2) is 0 Å². The Morgan fingerprint density at radius 2 is 2.12 bits per heavy atom. The van der Waals surface area contributed by atoms with Crippen molar-refractivity contribution in [2.45, 2.75) is 44.6 Å². The molecule has 5 heteroatoms. The van der Waals surface area contributed by atoms with Gasteiger partial charge in [-0.15, -0.1) is 0 Å². The first-order valence-corrected chi connectivity index (χ1v) is 6.24. The molecule has 2 amide bonds. The van der Waals surface area contributed by atoms with Gasteiger partial charge < -0.3 is 16.4 Å². The smallest absolute Gasteiger partial charge is 0.224 e. The zero-order valence-electron chi connectivity index (χ0n) is 10.7. The second kappa shape index (κ2) is 6.00. The first-order valence-electron chi connectivity index (χ1n) is 6.24. The number of amides is 2. The van der Waals surface area contributed by atoms with Gasteiger partial charge in [0.25, 0.3) is 0 Å². The van der Waals surface area contributed by atoms with E-state index in [0.29, 0.717) is 13.0 Å². The van der Waals surface area contributed by atoms with E-state index in [1.54, 1.807) is 7.05 Å². The number of hydrogen-bond acceptors (Lipinski definition) is 3. The summed E-state index contributed by atoms with van der Waals surface area (Å²) >= 11 is 0. The Labute approximate surface area is 103 Å². The van der Waals surface area contributed by atoms with Crippen LogP contribution < -0.4 is 16.4 Å². The molecule has 0 aromatic heterocycles. The van der Waals surface area contributed by atoms with Crippen molar-refractivity contribution in [1.82, 2.24) is 10.6 Å². The molecule has 0 heterocycles. The molecule has 0 aromatic carbocycles. The van der Waals surface area contributed by atoms with E-state index in [9.17, 15) is 9.59 Å². The second-order valence-electron chi connectivity index (χ2n) is 5.02. The minimum atomic E-state index is -0.407. The SMILES string of the molecule is CNC(=O)CCNC(=O)C1CCCCC1(C)N. The highest BCUT2D eigenvalue weighted by Gasteiger charge is 2.37. The third-order valence-corrected chi connectivity index (χ3v) is 3.50. The highest BCUT2D eigenvalue weighted by atomic mass is 16.2. The molecule has 98 valence electrons. The zero-order valence-corrected chi connectivity index (χ0v) is 10.7. The Kier molecular flexibility index (Phi) is 4.93. The maximum absolute atomic E-state index is 12.0. The van der Waals surface area contributed by atoms with E-state index in [1.165, 1.54) is 0 Å². The van der Waals surface area contributed by atoms with Gasteiger partial charge in [0.1, 0.15) is 0 Å². The van der Waals surface area contributed by atoms with E-state index < -0.39 is 5.54 Å². The number of nitrogens with two attached hydrogens (primary N) is 1. The molecule has 17 heavy (non-hydrogen) atoms. The lowest BCUT2D eigenvalue weighted by Crippen LogP contribution is -2.53. The quantitative estimate of drug-likeness (QED) is 0.655. The molecule has 1 saturated carbocycles. The largest absolute Gasteiger partial charge is 0.359 e. The predicted molar refractivity (Wildman–Crippen MR) is 66.2 cm³/mol. The minimum Gasteiger partial charge on any atom is -0.359 e. The summed E-state index contributed by atoms with van der Waals surface area (Å²) in [6, 6.07) is 0. The van der Waals surface area contributed by atoms with E-state index in [-0.39, 0.29) is 17.7 Å². The molecule has 4 N–H and O–H groups in total. The summed E-state index contributed by atoms with van der Waals surface area (Å²) in [5.74, 6) is -0.205. The van der Waals surface area contributed by atoms with Crippen LogP contribution in [0.2, 0.25) is 0 Å². The minimum absolute atomic E-state index is 0.0152. The molecule has 0 bridgehead atoms. The summed E-state index contributed by atoms with van der Waals surface area (Å²) in [6.45, 7) is 2.32. The molecular weight excluding hydrogens is 218 g/mol. The Hall–Kier alpha value is -1.10. The van der Waals surface area contributed by atoms with Crippen LogP contribution in [0.4, 0.5) is 0 Å². The van der Waals surface area contributed by atoms with Gasteiger partial charge in [0.2, 0.25) is 11.8 Å². The lowest BCUT2D eigenvalue weighted by molar-refractivity contribution is -0.128. The zero-order chi connectivity index (χ0) is 12.9. The summed E-state index contributed by atoms with van der Waals surface area (Å²) < 4.78 is 0. The molecule has 5 nitrogen and oxygen atoms in total. The van der Waals surface area contributed by atoms with E-state index in [0.717, 1.165) is 25.7 Å². The van der Waals surface area contributed by atoms with Gasteiger partial charge in [0, 0.05) is 25.6 Å². The molecule has 0 spiro atoms. The molecule has 0 saturated heterocycles. The molecule has 2 unspecified atom stereocenters. The number of carbonyl (C=O) groups is 2. The van der Waals surface area contributed by atoms with Crippen molar-refractivity contribution in [3.05, 3.63) is 0 Å². The first-order chi connectivity index (χ1) is 7.97. The van der Waals surface area contributed by atoms with E-state index in [1.807, 2.05) is 6.92 Å². The molecule has 0 aromatic rings. The summed E-state index contributed by atoms with van der Waals surface area (Å²) in [5, 5.41) is 5.31. The predicted octanol–water partition coefficient (Wildman–Crippen LogP) is 0.146. The van der Waals surface area contributed by atoms with Gasteiger partial charge in [-0.05, 0) is 19.8 Å². The molecule has 0 radical (unpaired) electrons. The van der Waals surface area contributed by atoms with Crippen molar-refractivity contribution in [3.8, 4) is 0 Å². The van der Waals surface area contributed by atoms with E-state index in [2.05, 4.69) is 10.6 Å². The number of nitrogens with one attached hydrogen (secondary N) is 2. The third-order valence-electron chi connectivity index (χ3n) is 3.50. The Morgan fingerprint density at radius 3 is 2.71 bits per heavy atom. The fourth-order valence-electron chi connectivity index (χ4n) is 2.34. The molecule has 1 rings (SSSR count). The third kappa shape index (κ3) is 4.00. The summed E-state index contributed by atoms with van der Waals surface area (Å²) in [6.07, 6.45) is 4.20. The van der Waals surface area contributed by atoms with Crippen LogP contribution in [0.25, 0.3) is 0 Å². The van der Waals surface area contributed by atoms with Gasteiger partial charge in [-0.3, -0.25) is 9.59 Å². The molecular formula is C12H23N3O2. The lowest BCUT2D eigenvalue weighted by Gasteiger charge is -2.37. The van der Waals surface area contributed by atoms with Gasteiger partial charge in [-0.1, -0.05) is 12.8 Å². The highest BCUT2D eigenvalue weighted by molar-refractivity contribution is 5.81. The average Bonchev–Trinajstić information content (AvgIpc) is 2.27. The molecule has 1 aliphatic carbocycles. The number of rotatable bonds is 4. The van der Waals surface area contributed by atoms with Crippen LogP contribution in [-0.4, -0.2) is 30.9 Å². The number of carbonyl (C=O) groups excluding carboxylic acids is 2. The van der Waals surface area contributed by atoms with Crippen LogP contribution in [0.3, 0.4) is 0 Å². The van der Waals surface area contributed by atoms with Crippen LogP contribution in [0, 0.1) is 5.92 Å². The van der Waals surface area contributed by atoms with Crippen LogP contribution in [0.5, 0.6) is 0 Å². The van der Waals surface area contributed by atoms with Crippen molar-refractivity contribution >= 4 is 11.8 Å². The van der Waals surface area contributed by atoms with Gasteiger partial charge in [0.05, 0.1) is 5.92 Å². The van der Waals surface area contributed by atoms with E-state index >= 15 is 0 Å². The fraction of sp³-hybridized carbons (Fsp3) is 0.833. The molecule has 1 aliphatic rings. The maximum atomic E-state index is 12.0. The average molecular weight is 241 g/mol. The first kappa shape index (κ1) is 14.0. The van der Waals surface area contributed by atoms with Crippen LogP contribution in [0.15, 0.2) is 0 Å². The van der Waals surface area contributed by atoms with Gasteiger partial charge in [-0.25, -0.2) is 0 Å². The summed E-state index contributed by atoms with van der Waals surface area (Å²) in [4.78, 5) is 23.0. The van der Waals surface area contributed by atoms with Crippen LogP contribution >= 0.6 is 0 Å².